The van der Waals surface area contributed by atoms with E-state index in [1.807, 2.05) is 11.4 Å². The molecule has 0 spiro atoms. The van der Waals surface area contributed by atoms with Crippen LogP contribution in [0.3, 0.4) is 0 Å². The highest BCUT2D eigenvalue weighted by Gasteiger charge is 2.19. The van der Waals surface area contributed by atoms with Crippen molar-refractivity contribution >= 4 is 55.8 Å². The van der Waals surface area contributed by atoms with Crippen LogP contribution < -0.4 is 10.6 Å². The lowest BCUT2D eigenvalue weighted by atomic mass is 10.2. The Morgan fingerprint density at radius 1 is 1.12 bits per heavy atom. The van der Waals surface area contributed by atoms with E-state index in [1.165, 1.54) is 34.9 Å². The number of nitrogens with one attached hydrogen (secondary N) is 2. The third-order valence-corrected chi connectivity index (χ3v) is 4.94. The number of thiophene rings is 2. The molecule has 0 aliphatic heterocycles. The molecule has 3 rings (SSSR count). The Labute approximate surface area is 157 Å². The number of fused-ring (bicyclic) bond motifs is 1. The zero-order chi connectivity index (χ0) is 18.7. The number of imide groups is 1. The number of pyridine rings is 1. The van der Waals surface area contributed by atoms with Crippen LogP contribution in [0, 0.1) is 0 Å². The number of carbonyl (C=O) groups excluding carboxylic acids is 3. The molecule has 7 nitrogen and oxygen atoms in total. The number of carbonyl (C=O) groups is 3. The fourth-order valence-electron chi connectivity index (χ4n) is 2.13. The molecule has 0 aliphatic carbocycles. The summed E-state index contributed by atoms with van der Waals surface area (Å²) in [6.07, 6.45) is 0.308. The van der Waals surface area contributed by atoms with Gasteiger partial charge in [-0.2, -0.15) is 0 Å². The smallest absolute Gasteiger partial charge is 0.414 e. The van der Waals surface area contributed by atoms with Crippen molar-refractivity contribution in [1.82, 2.24) is 10.3 Å². The predicted molar refractivity (Wildman–Crippen MR) is 101 cm³/mol. The number of rotatable bonds is 4. The van der Waals surface area contributed by atoms with Crippen LogP contribution in [0.4, 0.5) is 9.80 Å². The number of hydrogen-bond donors (Lipinski definition) is 2. The van der Waals surface area contributed by atoms with Crippen LogP contribution in [0.5, 0.6) is 0 Å². The molecule has 0 atom stereocenters. The Morgan fingerprint density at radius 2 is 1.88 bits per heavy atom. The lowest BCUT2D eigenvalue weighted by Crippen LogP contribution is -2.32. The second-order valence-electron chi connectivity index (χ2n) is 5.55. The number of amides is 3. The second-order valence-corrected chi connectivity index (χ2v) is 7.42. The van der Waals surface area contributed by atoms with E-state index in [1.54, 1.807) is 25.3 Å². The normalized spacial score (nSPS) is 10.7. The van der Waals surface area contributed by atoms with Crippen molar-refractivity contribution in [3.63, 3.8) is 0 Å². The van der Waals surface area contributed by atoms with Crippen LogP contribution in [-0.4, -0.2) is 29.0 Å². The molecule has 134 valence electrons. The first-order chi connectivity index (χ1) is 12.4. The first-order valence-corrected chi connectivity index (χ1v) is 9.44. The molecule has 0 aliphatic rings. The molecule has 3 heterocycles. The minimum atomic E-state index is -0.833. The van der Waals surface area contributed by atoms with Gasteiger partial charge in [-0.3, -0.25) is 19.9 Å². The molecule has 0 saturated carbocycles. The van der Waals surface area contributed by atoms with E-state index in [2.05, 4.69) is 15.6 Å². The third kappa shape index (κ3) is 4.06. The minimum absolute atomic E-state index is 0.189. The van der Waals surface area contributed by atoms with E-state index in [9.17, 15) is 14.4 Å². The van der Waals surface area contributed by atoms with Gasteiger partial charge in [-0.1, -0.05) is 0 Å². The summed E-state index contributed by atoms with van der Waals surface area (Å²) in [6, 6.07) is 5.15. The van der Waals surface area contributed by atoms with Crippen LogP contribution in [0.25, 0.3) is 10.2 Å². The molecule has 26 heavy (non-hydrogen) atoms. The molecule has 3 aromatic heterocycles. The fourth-order valence-corrected chi connectivity index (χ4v) is 3.69. The number of nitrogens with zero attached hydrogens (tertiary/aromatic N) is 1. The highest BCUT2D eigenvalue weighted by molar-refractivity contribution is 7.17. The van der Waals surface area contributed by atoms with Crippen molar-refractivity contribution in [3.05, 3.63) is 46.3 Å². The quantitative estimate of drug-likeness (QED) is 0.706. The summed E-state index contributed by atoms with van der Waals surface area (Å²) < 4.78 is 5.78. The second kappa shape index (κ2) is 7.63. The molecule has 0 aromatic carbocycles. The zero-order valence-corrected chi connectivity index (χ0v) is 15.6. The van der Waals surface area contributed by atoms with Crippen LogP contribution in [0.2, 0.25) is 0 Å². The topological polar surface area (TPSA) is 97.4 Å². The largest absolute Gasteiger partial charge is 0.447 e. The van der Waals surface area contributed by atoms with Crippen molar-refractivity contribution < 1.29 is 19.1 Å². The Kier molecular flexibility index (Phi) is 5.29. The van der Waals surface area contributed by atoms with Crippen molar-refractivity contribution in [3.8, 4) is 0 Å². The first-order valence-electron chi connectivity index (χ1n) is 7.68. The van der Waals surface area contributed by atoms with E-state index in [0.717, 1.165) is 10.2 Å². The summed E-state index contributed by atoms with van der Waals surface area (Å²) in [4.78, 5) is 40.5. The fraction of sp³-hybridized carbons (Fsp3) is 0.176. The van der Waals surface area contributed by atoms with Gasteiger partial charge in [0.1, 0.15) is 5.00 Å². The lowest BCUT2D eigenvalue weighted by Gasteiger charge is -2.09. The van der Waals surface area contributed by atoms with Crippen molar-refractivity contribution in [1.29, 1.82) is 0 Å². The SMILES string of the molecule is CC(C)OC(=O)NC(=O)c1ccsc1NC(=O)c1cnc2ccsc2c1. The lowest BCUT2D eigenvalue weighted by molar-refractivity contribution is 0.0877. The van der Waals surface area contributed by atoms with Gasteiger partial charge in [-0.05, 0) is 42.8 Å². The maximum atomic E-state index is 12.5. The Balaban J connectivity index is 1.72. The predicted octanol–water partition coefficient (Wildman–Crippen LogP) is 3.88. The summed E-state index contributed by atoms with van der Waals surface area (Å²) >= 11 is 2.68. The summed E-state index contributed by atoms with van der Waals surface area (Å²) in [5.41, 5.74) is 1.40. The number of alkyl carbamates (subject to hydrolysis) is 1. The number of aromatic nitrogens is 1. The molecular formula is C17H15N3O4S2. The van der Waals surface area contributed by atoms with Crippen molar-refractivity contribution in [2.24, 2.45) is 0 Å². The minimum Gasteiger partial charge on any atom is -0.447 e. The summed E-state index contributed by atoms with van der Waals surface area (Å²) in [6.45, 7) is 3.36. The van der Waals surface area contributed by atoms with Gasteiger partial charge in [-0.15, -0.1) is 22.7 Å². The van der Waals surface area contributed by atoms with Crippen molar-refractivity contribution in [2.75, 3.05) is 5.32 Å². The first kappa shape index (κ1) is 18.0. The van der Waals surface area contributed by atoms with Gasteiger partial charge >= 0.3 is 6.09 Å². The Morgan fingerprint density at radius 3 is 2.65 bits per heavy atom. The van der Waals surface area contributed by atoms with Crippen LogP contribution in [0.15, 0.2) is 35.2 Å². The number of hydrogen-bond acceptors (Lipinski definition) is 7. The third-order valence-electron chi connectivity index (χ3n) is 3.26. The monoisotopic (exact) mass is 389 g/mol. The molecule has 0 unspecified atom stereocenters. The molecule has 0 fully saturated rings. The molecule has 9 heteroatoms. The highest BCUT2D eigenvalue weighted by atomic mass is 32.1. The van der Waals surface area contributed by atoms with Gasteiger partial charge in [-0.25, -0.2) is 4.79 Å². The average molecular weight is 389 g/mol. The highest BCUT2D eigenvalue weighted by Crippen LogP contribution is 2.25. The summed E-state index contributed by atoms with van der Waals surface area (Å²) in [5.74, 6) is -1.02. The average Bonchev–Trinajstić information content (AvgIpc) is 3.21. The zero-order valence-electron chi connectivity index (χ0n) is 13.9. The Bertz CT molecular complexity index is 977. The van der Waals surface area contributed by atoms with Crippen molar-refractivity contribution in [2.45, 2.75) is 20.0 Å². The van der Waals surface area contributed by atoms with E-state index in [4.69, 9.17) is 4.74 Å². The van der Waals surface area contributed by atoms with E-state index >= 15 is 0 Å². The molecular weight excluding hydrogens is 374 g/mol. The van der Waals surface area contributed by atoms with E-state index < -0.39 is 12.0 Å². The van der Waals surface area contributed by atoms with Gasteiger partial charge in [0, 0.05) is 6.20 Å². The molecule has 0 saturated heterocycles. The van der Waals surface area contributed by atoms with Gasteiger partial charge in [0.05, 0.1) is 27.4 Å². The van der Waals surface area contributed by atoms with Crippen LogP contribution >= 0.6 is 22.7 Å². The van der Waals surface area contributed by atoms with Gasteiger partial charge in [0.25, 0.3) is 11.8 Å². The maximum absolute atomic E-state index is 12.5. The van der Waals surface area contributed by atoms with E-state index in [0.29, 0.717) is 10.6 Å². The summed E-state index contributed by atoms with van der Waals surface area (Å²) in [5, 5.41) is 8.72. The molecule has 3 amide bonds. The van der Waals surface area contributed by atoms with E-state index in [-0.39, 0.29) is 17.6 Å². The number of ether oxygens (including phenoxy) is 1. The molecule has 2 N–H and O–H groups in total. The maximum Gasteiger partial charge on any atom is 0.414 e. The van der Waals surface area contributed by atoms with Gasteiger partial charge in [0.2, 0.25) is 0 Å². The van der Waals surface area contributed by atoms with Crippen LogP contribution in [-0.2, 0) is 4.74 Å². The standard InChI is InChI=1S/C17H15N3O4S2/c1-9(2)24-17(23)20-15(22)11-3-5-26-16(11)19-14(21)10-7-13-12(18-8-10)4-6-25-13/h3-9H,1-2H3,(H,19,21)(H,20,22,23). The Hall–Kier alpha value is -2.78. The van der Waals surface area contributed by atoms with Crippen LogP contribution in [0.1, 0.15) is 34.6 Å². The molecule has 0 bridgehead atoms. The number of anilines is 1. The summed E-state index contributed by atoms with van der Waals surface area (Å²) in [7, 11) is 0. The molecule has 3 aromatic rings. The van der Waals surface area contributed by atoms with Gasteiger partial charge < -0.3 is 10.1 Å². The van der Waals surface area contributed by atoms with Gasteiger partial charge in [0.15, 0.2) is 0 Å². The molecule has 0 radical (unpaired) electrons.